The Morgan fingerprint density at radius 3 is 2.80 bits per heavy atom. The van der Waals surface area contributed by atoms with Gasteiger partial charge in [0.05, 0.1) is 12.1 Å². The summed E-state index contributed by atoms with van der Waals surface area (Å²) in [5.41, 5.74) is 2.75. The Morgan fingerprint density at radius 2 is 1.92 bits per heavy atom. The van der Waals surface area contributed by atoms with Crippen molar-refractivity contribution in [3.8, 4) is 0 Å². The molecule has 0 atom stereocenters. The molecule has 0 fully saturated rings. The molecule has 124 valence electrons. The Balaban J connectivity index is 1.56. The summed E-state index contributed by atoms with van der Waals surface area (Å²) >= 11 is 1.47. The number of rotatable bonds is 5. The van der Waals surface area contributed by atoms with Crippen LogP contribution < -0.4 is 0 Å². The molecule has 0 aliphatic carbocycles. The van der Waals surface area contributed by atoms with E-state index in [1.54, 1.807) is 16.9 Å². The van der Waals surface area contributed by atoms with Crippen molar-refractivity contribution < 1.29 is 4.39 Å². The van der Waals surface area contributed by atoms with Gasteiger partial charge in [-0.15, -0.1) is 5.10 Å². The predicted octanol–water partition coefficient (Wildman–Crippen LogP) is 3.70. The predicted molar refractivity (Wildman–Crippen MR) is 94.6 cm³/mol. The zero-order chi connectivity index (χ0) is 17.1. The van der Waals surface area contributed by atoms with Gasteiger partial charge in [0.2, 0.25) is 5.16 Å². The van der Waals surface area contributed by atoms with Crippen LogP contribution in [0.2, 0.25) is 0 Å². The molecule has 0 saturated carbocycles. The van der Waals surface area contributed by atoms with Crippen molar-refractivity contribution in [1.29, 1.82) is 0 Å². The molecule has 0 unspecified atom stereocenters. The number of pyridine rings is 1. The molecule has 2 heterocycles. The van der Waals surface area contributed by atoms with E-state index in [0.717, 1.165) is 22.0 Å². The molecule has 7 heteroatoms. The van der Waals surface area contributed by atoms with Crippen molar-refractivity contribution in [1.82, 2.24) is 25.2 Å². The molecule has 4 rings (SSSR count). The molecule has 0 radical (unpaired) electrons. The molecular formula is C18H14FN5S. The summed E-state index contributed by atoms with van der Waals surface area (Å²) in [7, 11) is 0. The van der Waals surface area contributed by atoms with Gasteiger partial charge in [-0.1, -0.05) is 48.2 Å². The first-order valence-electron chi connectivity index (χ1n) is 7.75. The van der Waals surface area contributed by atoms with Gasteiger partial charge >= 0.3 is 0 Å². The fraction of sp³-hybridized carbons (Fsp3) is 0.111. The first-order valence-corrected chi connectivity index (χ1v) is 8.74. The van der Waals surface area contributed by atoms with Crippen molar-refractivity contribution in [3.05, 3.63) is 77.7 Å². The Kier molecular flexibility index (Phi) is 4.39. The minimum Gasteiger partial charge on any atom is -0.256 e. The lowest BCUT2D eigenvalue weighted by molar-refractivity contribution is 0.603. The van der Waals surface area contributed by atoms with E-state index in [-0.39, 0.29) is 5.82 Å². The van der Waals surface area contributed by atoms with E-state index in [9.17, 15) is 4.39 Å². The van der Waals surface area contributed by atoms with Gasteiger partial charge < -0.3 is 0 Å². The lowest BCUT2D eigenvalue weighted by atomic mass is 10.1. The zero-order valence-electron chi connectivity index (χ0n) is 13.2. The maximum Gasteiger partial charge on any atom is 0.209 e. The molecule has 0 spiro atoms. The van der Waals surface area contributed by atoms with Crippen LogP contribution in [0.1, 0.15) is 11.1 Å². The molecule has 0 bridgehead atoms. The van der Waals surface area contributed by atoms with Crippen molar-refractivity contribution in [2.75, 3.05) is 0 Å². The standard InChI is InChI=1S/C18H14FN5S/c19-16-9-14-7-4-8-20-17(14)15(10-16)12-25-18-21-22-23-24(18)11-13-5-2-1-3-6-13/h1-10H,11-12H2. The Labute approximate surface area is 147 Å². The van der Waals surface area contributed by atoms with E-state index in [1.165, 1.54) is 23.9 Å². The lowest BCUT2D eigenvalue weighted by Gasteiger charge is -2.07. The maximum atomic E-state index is 13.8. The molecule has 0 saturated heterocycles. The van der Waals surface area contributed by atoms with Crippen molar-refractivity contribution in [2.24, 2.45) is 0 Å². The third kappa shape index (κ3) is 3.51. The van der Waals surface area contributed by atoms with Crippen molar-refractivity contribution in [2.45, 2.75) is 17.5 Å². The first kappa shape index (κ1) is 15.7. The average Bonchev–Trinajstić information content (AvgIpc) is 3.07. The Hall–Kier alpha value is -2.80. The summed E-state index contributed by atoms with van der Waals surface area (Å²) in [6, 6.07) is 16.7. The van der Waals surface area contributed by atoms with E-state index >= 15 is 0 Å². The van der Waals surface area contributed by atoms with Gasteiger partial charge in [0.15, 0.2) is 0 Å². The van der Waals surface area contributed by atoms with Gasteiger partial charge in [-0.05, 0) is 39.8 Å². The molecular weight excluding hydrogens is 337 g/mol. The fourth-order valence-corrected chi connectivity index (χ4v) is 3.48. The first-order chi connectivity index (χ1) is 12.3. The van der Waals surface area contributed by atoms with Gasteiger partial charge in [0.1, 0.15) is 5.82 Å². The Bertz CT molecular complexity index is 1000. The summed E-state index contributed by atoms with van der Waals surface area (Å²) in [6.07, 6.45) is 1.72. The fourth-order valence-electron chi connectivity index (χ4n) is 2.64. The monoisotopic (exact) mass is 351 g/mol. The van der Waals surface area contributed by atoms with E-state index < -0.39 is 0 Å². The van der Waals surface area contributed by atoms with Gasteiger partial charge in [0, 0.05) is 17.3 Å². The molecule has 0 N–H and O–H groups in total. The summed E-state index contributed by atoms with van der Waals surface area (Å²) < 4.78 is 15.6. The number of nitrogens with zero attached hydrogens (tertiary/aromatic N) is 5. The summed E-state index contributed by atoms with van der Waals surface area (Å²) in [5.74, 6) is 0.278. The zero-order valence-corrected chi connectivity index (χ0v) is 14.0. The number of aromatic nitrogens is 5. The molecule has 0 aliphatic heterocycles. The summed E-state index contributed by atoms with van der Waals surface area (Å²) in [6.45, 7) is 0.596. The molecule has 4 aromatic rings. The average molecular weight is 351 g/mol. The number of tetrazole rings is 1. The van der Waals surface area contributed by atoms with Gasteiger partial charge in [-0.25, -0.2) is 9.07 Å². The van der Waals surface area contributed by atoms with Crippen LogP contribution in [0.25, 0.3) is 10.9 Å². The minimum absolute atomic E-state index is 0.264. The smallest absolute Gasteiger partial charge is 0.209 e. The van der Waals surface area contributed by atoms with Crippen LogP contribution in [-0.4, -0.2) is 25.2 Å². The normalized spacial score (nSPS) is 11.1. The molecule has 0 aliphatic rings. The third-order valence-electron chi connectivity index (χ3n) is 3.78. The highest BCUT2D eigenvalue weighted by molar-refractivity contribution is 7.98. The van der Waals surface area contributed by atoms with Crippen LogP contribution >= 0.6 is 11.8 Å². The molecule has 0 amide bonds. The maximum absolute atomic E-state index is 13.8. The van der Waals surface area contributed by atoms with Crippen LogP contribution in [0.4, 0.5) is 4.39 Å². The number of hydrogen-bond acceptors (Lipinski definition) is 5. The highest BCUT2D eigenvalue weighted by Gasteiger charge is 2.11. The SMILES string of the molecule is Fc1cc(CSc2nnnn2Cc2ccccc2)c2ncccc2c1. The number of thioether (sulfide) groups is 1. The van der Waals surface area contributed by atoms with Crippen LogP contribution in [0.15, 0.2) is 66.0 Å². The molecule has 5 nitrogen and oxygen atoms in total. The second kappa shape index (κ2) is 6.98. The molecule has 2 aromatic carbocycles. The van der Waals surface area contributed by atoms with E-state index in [4.69, 9.17) is 0 Å². The number of benzene rings is 2. The minimum atomic E-state index is -0.264. The Morgan fingerprint density at radius 1 is 1.04 bits per heavy atom. The number of fused-ring (bicyclic) bond motifs is 1. The van der Waals surface area contributed by atoms with Crippen LogP contribution in [0, 0.1) is 5.82 Å². The second-order valence-electron chi connectivity index (χ2n) is 5.53. The van der Waals surface area contributed by atoms with Gasteiger partial charge in [0.25, 0.3) is 0 Å². The van der Waals surface area contributed by atoms with Gasteiger partial charge in [-0.2, -0.15) is 0 Å². The van der Waals surface area contributed by atoms with E-state index in [0.29, 0.717) is 17.5 Å². The summed E-state index contributed by atoms with van der Waals surface area (Å²) in [4.78, 5) is 4.37. The largest absolute Gasteiger partial charge is 0.256 e. The number of halogens is 1. The molecule has 2 aromatic heterocycles. The molecule has 25 heavy (non-hydrogen) atoms. The second-order valence-corrected chi connectivity index (χ2v) is 6.48. The van der Waals surface area contributed by atoms with E-state index in [1.807, 2.05) is 36.4 Å². The van der Waals surface area contributed by atoms with Crippen molar-refractivity contribution in [3.63, 3.8) is 0 Å². The highest BCUT2D eigenvalue weighted by Crippen LogP contribution is 2.26. The lowest BCUT2D eigenvalue weighted by Crippen LogP contribution is -2.03. The van der Waals surface area contributed by atoms with Crippen LogP contribution in [0.5, 0.6) is 0 Å². The van der Waals surface area contributed by atoms with Crippen molar-refractivity contribution >= 4 is 22.7 Å². The summed E-state index contributed by atoms with van der Waals surface area (Å²) in [5, 5.41) is 13.4. The highest BCUT2D eigenvalue weighted by atomic mass is 32.2. The van der Waals surface area contributed by atoms with Gasteiger partial charge in [-0.3, -0.25) is 4.98 Å². The van der Waals surface area contributed by atoms with E-state index in [2.05, 4.69) is 20.5 Å². The topological polar surface area (TPSA) is 56.5 Å². The quantitative estimate of drug-likeness (QED) is 0.513. The van der Waals surface area contributed by atoms with Crippen LogP contribution in [-0.2, 0) is 12.3 Å². The number of hydrogen-bond donors (Lipinski definition) is 0. The third-order valence-corrected chi connectivity index (χ3v) is 4.79. The van der Waals surface area contributed by atoms with Crippen LogP contribution in [0.3, 0.4) is 0 Å².